The number of nitrogens with zero attached hydrogens (tertiary/aromatic N) is 3. The largest absolute Gasteiger partial charge is 0.289 e. The third-order valence-electron chi connectivity index (χ3n) is 21.2. The molecular weight excluding hydrogens is 1260 g/mol. The Hall–Kier alpha value is -13.8. The Balaban J connectivity index is 0.815. The zero-order chi connectivity index (χ0) is 68.8. The number of carbonyl (C=O) groups excluding carboxylic acids is 1. The number of benzene rings is 19. The van der Waals surface area contributed by atoms with Crippen LogP contribution in [0.4, 0.5) is 0 Å². The van der Waals surface area contributed by atoms with Gasteiger partial charge in [-0.1, -0.05) is 328 Å². The highest BCUT2D eigenvalue weighted by Crippen LogP contribution is 2.54. The van der Waals surface area contributed by atoms with Crippen molar-refractivity contribution in [1.29, 1.82) is 0 Å². The SMILES string of the molecule is O=C(c1ccccc1)c1cccc(-c2ccc3c4ccc(-c5cccc(-c6cc(-c7ccc(-c8nc(-c9ccccc9)nc(-c9ccccc9)n8)cc7)c(-c7ccccc7)c7c8cccc9c%10cc(-c%11ccccc%11)c(-c%11ccccc%11)cc%10c%10cccc(c67)c%10c98)c5)cc4c4ccccc4c3c2)c1. The zero-order valence-corrected chi connectivity index (χ0v) is 56.5. The van der Waals surface area contributed by atoms with E-state index in [4.69, 9.17) is 15.0 Å². The van der Waals surface area contributed by atoms with Gasteiger partial charge in [0, 0.05) is 27.8 Å². The van der Waals surface area contributed by atoms with E-state index in [9.17, 15) is 4.79 Å². The highest BCUT2D eigenvalue weighted by molar-refractivity contribution is 6.43. The van der Waals surface area contributed by atoms with Gasteiger partial charge in [0.15, 0.2) is 23.3 Å². The van der Waals surface area contributed by atoms with E-state index in [0.29, 0.717) is 28.6 Å². The molecule has 20 aromatic rings. The number of ketones is 1. The summed E-state index contributed by atoms with van der Waals surface area (Å²) in [6.07, 6.45) is 0. The molecule has 0 aliphatic carbocycles. The molecule has 104 heavy (non-hydrogen) atoms. The predicted octanol–water partition coefficient (Wildman–Crippen LogP) is 26.4. The Bertz CT molecular complexity index is 6720. The number of rotatable bonds is 12. The quantitative estimate of drug-likeness (QED) is 0.0695. The van der Waals surface area contributed by atoms with E-state index in [-0.39, 0.29) is 5.78 Å². The van der Waals surface area contributed by atoms with Gasteiger partial charge in [0.2, 0.25) is 0 Å². The fourth-order valence-electron chi connectivity index (χ4n) is 16.4. The van der Waals surface area contributed by atoms with E-state index in [1.54, 1.807) is 0 Å². The van der Waals surface area contributed by atoms with Crippen LogP contribution in [-0.4, -0.2) is 20.7 Å². The van der Waals surface area contributed by atoms with E-state index < -0.39 is 0 Å². The molecule has 0 unspecified atom stereocenters. The molecule has 0 radical (unpaired) electrons. The minimum atomic E-state index is 0.0124. The molecule has 0 atom stereocenters. The van der Waals surface area contributed by atoms with Gasteiger partial charge in [-0.15, -0.1) is 0 Å². The van der Waals surface area contributed by atoms with Crippen LogP contribution in [0.25, 0.3) is 198 Å². The number of hydrogen-bond acceptors (Lipinski definition) is 4. The molecule has 19 aromatic carbocycles. The smallest absolute Gasteiger partial charge is 0.193 e. The lowest BCUT2D eigenvalue weighted by molar-refractivity contribution is 0.103. The lowest BCUT2D eigenvalue weighted by Gasteiger charge is -2.24. The minimum Gasteiger partial charge on any atom is -0.289 e. The van der Waals surface area contributed by atoms with Crippen molar-refractivity contribution in [3.05, 3.63) is 381 Å². The second-order valence-corrected chi connectivity index (χ2v) is 27.1. The van der Waals surface area contributed by atoms with E-state index in [0.717, 1.165) is 66.8 Å². The van der Waals surface area contributed by atoms with Crippen LogP contribution in [0.15, 0.2) is 370 Å². The van der Waals surface area contributed by atoms with Crippen molar-refractivity contribution in [1.82, 2.24) is 15.0 Å². The van der Waals surface area contributed by atoms with Crippen LogP contribution < -0.4 is 0 Å². The molecule has 0 amide bonds. The predicted molar refractivity (Wildman–Crippen MR) is 435 cm³/mol. The standard InChI is InChI=1S/C100H61N3O/c104-97(66-31-13-4-14-32-66)75-40-22-38-71(56-75)73-52-54-79-78-53-51-72(57-88(78)76-41-19-20-42-77(76)89(79)58-73)70-37-21-39-74(55-70)87-61-86(64-47-49-69(50-48-64)100-102-98(67-33-15-5-16-34-67)101-99(103-100)68-35-17-6-18-36-68)92(65-29-11-3-12-30-65)96-83-46-24-44-81-91-60-85(63-27-9-2-10-28-63)84(62-25-7-1-8-26-62)59-90(91)80-43-23-45-82(95(87)96)93(80)94(81)83/h1-61H. The van der Waals surface area contributed by atoms with Gasteiger partial charge in [-0.25, -0.2) is 15.0 Å². The summed E-state index contributed by atoms with van der Waals surface area (Å²) in [6, 6.07) is 133. The van der Waals surface area contributed by atoms with Crippen molar-refractivity contribution >= 4 is 92.0 Å². The van der Waals surface area contributed by atoms with Crippen molar-refractivity contribution in [2.24, 2.45) is 0 Å². The summed E-state index contributed by atoms with van der Waals surface area (Å²) in [5, 5.41) is 19.3. The number of hydrogen-bond donors (Lipinski definition) is 0. The number of fused-ring (bicyclic) bond motifs is 12. The maximum absolute atomic E-state index is 13.7. The highest BCUT2D eigenvalue weighted by atomic mass is 16.1. The Morgan fingerprint density at radius 1 is 0.173 bits per heavy atom. The monoisotopic (exact) mass is 1320 g/mol. The van der Waals surface area contributed by atoms with E-state index in [2.05, 4.69) is 285 Å². The van der Waals surface area contributed by atoms with E-state index >= 15 is 0 Å². The summed E-state index contributed by atoms with van der Waals surface area (Å²) in [5.41, 5.74) is 19.9. The van der Waals surface area contributed by atoms with Gasteiger partial charge in [-0.05, 0) is 207 Å². The van der Waals surface area contributed by atoms with Crippen molar-refractivity contribution in [2.75, 3.05) is 0 Å². The molecule has 20 rings (SSSR count). The van der Waals surface area contributed by atoms with Gasteiger partial charge in [0.1, 0.15) is 0 Å². The van der Waals surface area contributed by atoms with Crippen LogP contribution in [0.5, 0.6) is 0 Å². The second-order valence-electron chi connectivity index (χ2n) is 27.1. The first-order valence-corrected chi connectivity index (χ1v) is 35.5. The van der Waals surface area contributed by atoms with Crippen molar-refractivity contribution < 1.29 is 4.79 Å². The van der Waals surface area contributed by atoms with E-state index in [1.807, 2.05) is 84.9 Å². The summed E-state index contributed by atoms with van der Waals surface area (Å²) in [7, 11) is 0. The van der Waals surface area contributed by atoms with Gasteiger partial charge < -0.3 is 0 Å². The van der Waals surface area contributed by atoms with Crippen LogP contribution >= 0.6 is 0 Å². The zero-order valence-electron chi connectivity index (χ0n) is 56.5. The number of carbonyl (C=O) groups is 1. The molecular formula is C100H61N3O. The lowest BCUT2D eigenvalue weighted by Crippen LogP contribution is -2.00. The Morgan fingerprint density at radius 2 is 0.500 bits per heavy atom. The Labute approximate surface area is 601 Å². The van der Waals surface area contributed by atoms with Gasteiger partial charge in [-0.3, -0.25) is 4.79 Å². The fraction of sp³-hybridized carbons (Fsp3) is 0. The van der Waals surface area contributed by atoms with Crippen LogP contribution in [0.1, 0.15) is 15.9 Å². The van der Waals surface area contributed by atoms with Crippen molar-refractivity contribution in [3.63, 3.8) is 0 Å². The Morgan fingerprint density at radius 3 is 1.02 bits per heavy atom. The average molecular weight is 1320 g/mol. The first-order valence-electron chi connectivity index (χ1n) is 35.5. The fourth-order valence-corrected chi connectivity index (χ4v) is 16.4. The number of aromatic nitrogens is 3. The van der Waals surface area contributed by atoms with Gasteiger partial charge in [0.05, 0.1) is 0 Å². The first kappa shape index (κ1) is 60.2. The van der Waals surface area contributed by atoms with Crippen molar-refractivity contribution in [2.45, 2.75) is 0 Å². The second kappa shape index (κ2) is 24.8. The maximum atomic E-state index is 13.7. The Kier molecular flexibility index (Phi) is 14.4. The molecule has 0 bridgehead atoms. The normalized spacial score (nSPS) is 11.7. The van der Waals surface area contributed by atoms with Gasteiger partial charge >= 0.3 is 0 Å². The summed E-state index contributed by atoms with van der Waals surface area (Å²) in [6.45, 7) is 0. The van der Waals surface area contributed by atoms with Gasteiger partial charge in [-0.2, -0.15) is 0 Å². The highest BCUT2D eigenvalue weighted by Gasteiger charge is 2.27. The van der Waals surface area contributed by atoms with Crippen LogP contribution in [0.3, 0.4) is 0 Å². The topological polar surface area (TPSA) is 55.7 Å². The van der Waals surface area contributed by atoms with Crippen molar-refractivity contribution in [3.8, 4) is 112 Å². The molecule has 482 valence electrons. The van der Waals surface area contributed by atoms with Crippen LogP contribution in [-0.2, 0) is 0 Å². The molecule has 1 aromatic heterocycles. The van der Waals surface area contributed by atoms with Crippen LogP contribution in [0.2, 0.25) is 0 Å². The molecule has 4 nitrogen and oxygen atoms in total. The molecule has 0 spiro atoms. The first-order chi connectivity index (χ1) is 51.5. The van der Waals surface area contributed by atoms with E-state index in [1.165, 1.54) is 114 Å². The molecule has 0 aliphatic heterocycles. The molecule has 0 fully saturated rings. The maximum Gasteiger partial charge on any atom is 0.193 e. The summed E-state index contributed by atoms with van der Waals surface area (Å²) < 4.78 is 0. The summed E-state index contributed by atoms with van der Waals surface area (Å²) in [5.74, 6) is 1.85. The van der Waals surface area contributed by atoms with Gasteiger partial charge in [0.25, 0.3) is 0 Å². The summed E-state index contributed by atoms with van der Waals surface area (Å²) >= 11 is 0. The summed E-state index contributed by atoms with van der Waals surface area (Å²) in [4.78, 5) is 29.1. The third-order valence-corrected chi connectivity index (χ3v) is 21.2. The third kappa shape index (κ3) is 10.1. The molecule has 0 N–H and O–H groups in total. The van der Waals surface area contributed by atoms with Crippen LogP contribution in [0, 0.1) is 0 Å². The molecule has 0 saturated carbocycles. The molecule has 1 heterocycles. The molecule has 0 aliphatic rings. The molecule has 4 heteroatoms. The molecule has 0 saturated heterocycles. The average Bonchev–Trinajstić information content (AvgIpc) is 0.685. The lowest BCUT2D eigenvalue weighted by atomic mass is 9.78. The minimum absolute atomic E-state index is 0.0124.